The largest absolute Gasteiger partial charge is 0.382 e. The molecule has 6 nitrogen and oxygen atoms in total. The molecule has 0 atom stereocenters. The van der Waals surface area contributed by atoms with Crippen LogP contribution in [-0.2, 0) is 0 Å². The van der Waals surface area contributed by atoms with E-state index in [1.165, 1.54) is 11.3 Å². The predicted molar refractivity (Wildman–Crippen MR) is 86.5 cm³/mol. The third kappa shape index (κ3) is 2.84. The Morgan fingerprint density at radius 3 is 2.43 bits per heavy atom. The van der Waals surface area contributed by atoms with Crippen molar-refractivity contribution in [2.75, 3.05) is 47.4 Å². The van der Waals surface area contributed by atoms with Crippen molar-refractivity contribution in [2.45, 2.75) is 6.92 Å². The molecule has 1 aliphatic heterocycles. The number of hydrogen-bond donors (Lipinski definition) is 2. The van der Waals surface area contributed by atoms with E-state index in [1.54, 1.807) is 6.20 Å². The smallest absolute Gasteiger partial charge is 0.222 e. The Bertz CT molecular complexity index is 634. The molecular formula is C15H20N6. The maximum atomic E-state index is 5.93. The zero-order valence-corrected chi connectivity index (χ0v) is 12.2. The average Bonchev–Trinajstić information content (AvgIpc) is 2.47. The molecule has 4 N–H and O–H groups in total. The molecule has 0 radical (unpaired) electrons. The van der Waals surface area contributed by atoms with Crippen LogP contribution < -0.4 is 21.3 Å². The van der Waals surface area contributed by atoms with Gasteiger partial charge in [-0.25, -0.2) is 4.98 Å². The number of nitrogens with zero attached hydrogens (tertiary/aromatic N) is 4. The Balaban J connectivity index is 1.70. The van der Waals surface area contributed by atoms with E-state index in [0.717, 1.165) is 31.9 Å². The molecule has 1 fully saturated rings. The Morgan fingerprint density at radius 1 is 1.05 bits per heavy atom. The molecular weight excluding hydrogens is 264 g/mol. The van der Waals surface area contributed by atoms with Gasteiger partial charge in [0.15, 0.2) is 5.82 Å². The molecule has 0 aliphatic carbocycles. The van der Waals surface area contributed by atoms with E-state index in [2.05, 4.69) is 51.0 Å². The highest BCUT2D eigenvalue weighted by molar-refractivity contribution is 5.64. The number of anilines is 4. The van der Waals surface area contributed by atoms with Gasteiger partial charge in [-0.15, -0.1) is 0 Å². The molecule has 2 aromatic rings. The third-order valence-corrected chi connectivity index (χ3v) is 3.80. The molecule has 0 unspecified atom stereocenters. The van der Waals surface area contributed by atoms with Gasteiger partial charge in [0.25, 0.3) is 0 Å². The molecule has 0 spiro atoms. The van der Waals surface area contributed by atoms with Crippen LogP contribution in [0.2, 0.25) is 0 Å². The zero-order chi connectivity index (χ0) is 14.8. The van der Waals surface area contributed by atoms with Gasteiger partial charge in [0.2, 0.25) is 5.95 Å². The van der Waals surface area contributed by atoms with Gasteiger partial charge in [-0.05, 0) is 24.6 Å². The highest BCUT2D eigenvalue weighted by Crippen LogP contribution is 2.24. The second-order valence-corrected chi connectivity index (χ2v) is 5.31. The lowest BCUT2D eigenvalue weighted by Gasteiger charge is -2.37. The van der Waals surface area contributed by atoms with Crippen molar-refractivity contribution in [3.8, 4) is 0 Å². The maximum Gasteiger partial charge on any atom is 0.222 e. The van der Waals surface area contributed by atoms with Crippen LogP contribution in [0.25, 0.3) is 0 Å². The molecule has 1 saturated heterocycles. The summed E-state index contributed by atoms with van der Waals surface area (Å²) in [5, 5.41) is 0. The van der Waals surface area contributed by atoms with E-state index in [-0.39, 0.29) is 5.95 Å². The van der Waals surface area contributed by atoms with Gasteiger partial charge in [0, 0.05) is 31.9 Å². The predicted octanol–water partition coefficient (Wildman–Crippen LogP) is 1.28. The second-order valence-electron chi connectivity index (χ2n) is 5.31. The van der Waals surface area contributed by atoms with Crippen LogP contribution >= 0.6 is 0 Å². The van der Waals surface area contributed by atoms with Crippen molar-refractivity contribution < 1.29 is 0 Å². The van der Waals surface area contributed by atoms with Crippen LogP contribution in [0.1, 0.15) is 5.56 Å². The highest BCUT2D eigenvalue weighted by Gasteiger charge is 2.19. The Hall–Kier alpha value is -2.50. The lowest BCUT2D eigenvalue weighted by atomic mass is 10.2. The van der Waals surface area contributed by atoms with E-state index in [9.17, 15) is 0 Å². The van der Waals surface area contributed by atoms with Crippen molar-refractivity contribution in [3.05, 3.63) is 36.0 Å². The summed E-state index contributed by atoms with van der Waals surface area (Å²) in [6, 6.07) is 8.59. The molecule has 1 aliphatic rings. The molecule has 0 saturated carbocycles. The number of nitrogens with two attached hydrogens (primary N) is 2. The van der Waals surface area contributed by atoms with Gasteiger partial charge in [-0.2, -0.15) is 4.98 Å². The average molecular weight is 284 g/mol. The summed E-state index contributed by atoms with van der Waals surface area (Å²) in [4.78, 5) is 12.7. The number of piperazine rings is 1. The molecule has 110 valence electrons. The molecule has 21 heavy (non-hydrogen) atoms. The first kappa shape index (κ1) is 13.5. The van der Waals surface area contributed by atoms with Crippen LogP contribution in [0.5, 0.6) is 0 Å². The molecule has 1 aromatic carbocycles. The van der Waals surface area contributed by atoms with Gasteiger partial charge < -0.3 is 21.3 Å². The third-order valence-electron chi connectivity index (χ3n) is 3.80. The number of hydrogen-bond acceptors (Lipinski definition) is 6. The first-order chi connectivity index (χ1) is 10.1. The minimum atomic E-state index is 0.217. The highest BCUT2D eigenvalue weighted by atomic mass is 15.3. The number of rotatable bonds is 2. The Kier molecular flexibility index (Phi) is 3.51. The summed E-state index contributed by atoms with van der Waals surface area (Å²) < 4.78 is 0. The fourth-order valence-electron chi connectivity index (χ4n) is 2.68. The quantitative estimate of drug-likeness (QED) is 0.864. The molecule has 0 amide bonds. The van der Waals surface area contributed by atoms with E-state index < -0.39 is 0 Å². The molecule has 1 aromatic heterocycles. The summed E-state index contributed by atoms with van der Waals surface area (Å²) in [6.45, 7) is 5.81. The SMILES string of the molecule is Cc1cccc(N2CCN(c3cnc(N)nc3N)CC2)c1. The van der Waals surface area contributed by atoms with Gasteiger partial charge in [0.1, 0.15) is 0 Å². The minimum absolute atomic E-state index is 0.217. The summed E-state index contributed by atoms with van der Waals surface area (Å²) in [6.07, 6.45) is 1.71. The van der Waals surface area contributed by atoms with Crippen molar-refractivity contribution in [1.82, 2.24) is 9.97 Å². The lowest BCUT2D eigenvalue weighted by molar-refractivity contribution is 0.652. The van der Waals surface area contributed by atoms with Crippen molar-refractivity contribution in [2.24, 2.45) is 0 Å². The summed E-state index contributed by atoms with van der Waals surface area (Å²) in [5.74, 6) is 0.668. The summed E-state index contributed by atoms with van der Waals surface area (Å²) >= 11 is 0. The van der Waals surface area contributed by atoms with Crippen molar-refractivity contribution in [3.63, 3.8) is 0 Å². The van der Waals surface area contributed by atoms with Crippen LogP contribution in [0.15, 0.2) is 30.5 Å². The van der Waals surface area contributed by atoms with E-state index in [4.69, 9.17) is 11.5 Å². The monoisotopic (exact) mass is 284 g/mol. The van der Waals surface area contributed by atoms with Gasteiger partial charge in [0.05, 0.1) is 11.9 Å². The summed E-state index contributed by atoms with van der Waals surface area (Å²) in [5.41, 5.74) is 14.9. The van der Waals surface area contributed by atoms with Gasteiger partial charge in [-0.1, -0.05) is 12.1 Å². The fraction of sp³-hybridized carbons (Fsp3) is 0.333. The Morgan fingerprint density at radius 2 is 1.76 bits per heavy atom. The number of benzene rings is 1. The topological polar surface area (TPSA) is 84.3 Å². The molecule has 3 rings (SSSR count). The molecule has 2 heterocycles. The van der Waals surface area contributed by atoms with Gasteiger partial charge >= 0.3 is 0 Å². The lowest BCUT2D eigenvalue weighted by Crippen LogP contribution is -2.46. The second kappa shape index (κ2) is 5.47. The van der Waals surface area contributed by atoms with Crippen molar-refractivity contribution in [1.29, 1.82) is 0 Å². The van der Waals surface area contributed by atoms with E-state index in [0.29, 0.717) is 5.82 Å². The maximum absolute atomic E-state index is 5.93. The normalized spacial score (nSPS) is 15.3. The molecule has 0 bridgehead atoms. The number of aryl methyl sites for hydroxylation is 1. The van der Waals surface area contributed by atoms with Gasteiger partial charge in [-0.3, -0.25) is 0 Å². The van der Waals surface area contributed by atoms with Crippen LogP contribution in [-0.4, -0.2) is 36.1 Å². The standard InChI is InChI=1S/C15H20N6/c1-11-3-2-4-12(9-11)20-5-7-21(8-6-20)13-10-18-15(17)19-14(13)16/h2-4,9-10H,5-8H2,1H3,(H4,16,17,18,19). The molecule has 6 heteroatoms. The van der Waals surface area contributed by atoms with Crippen LogP contribution in [0.3, 0.4) is 0 Å². The van der Waals surface area contributed by atoms with Crippen molar-refractivity contribution >= 4 is 23.1 Å². The Labute approximate surface area is 124 Å². The fourth-order valence-corrected chi connectivity index (χ4v) is 2.68. The van der Waals surface area contributed by atoms with E-state index >= 15 is 0 Å². The number of aromatic nitrogens is 2. The number of nitrogen functional groups attached to an aromatic ring is 2. The minimum Gasteiger partial charge on any atom is -0.382 e. The first-order valence-corrected chi connectivity index (χ1v) is 7.08. The summed E-state index contributed by atoms with van der Waals surface area (Å²) in [7, 11) is 0. The zero-order valence-electron chi connectivity index (χ0n) is 12.2. The van der Waals surface area contributed by atoms with Crippen LogP contribution in [0.4, 0.5) is 23.1 Å². The first-order valence-electron chi connectivity index (χ1n) is 7.08. The van der Waals surface area contributed by atoms with E-state index in [1.807, 2.05) is 0 Å². The van der Waals surface area contributed by atoms with Crippen LogP contribution in [0, 0.1) is 6.92 Å².